The highest BCUT2D eigenvalue weighted by Gasteiger charge is 2.27. The molecule has 1 fully saturated rings. The van der Waals surface area contributed by atoms with Crippen molar-refractivity contribution < 1.29 is 19.1 Å². The molecule has 3 atom stereocenters. The van der Waals surface area contributed by atoms with Crippen LogP contribution < -0.4 is 10.1 Å². The van der Waals surface area contributed by atoms with E-state index in [-0.39, 0.29) is 35.8 Å². The molecule has 0 radical (unpaired) electrons. The number of methoxy groups -OCH3 is 1. The summed E-state index contributed by atoms with van der Waals surface area (Å²) in [6.07, 6.45) is 5.26. The minimum atomic E-state index is -0.110. The molecule has 178 valence electrons. The van der Waals surface area contributed by atoms with Crippen molar-refractivity contribution in [1.82, 2.24) is 9.80 Å². The standard InChI is InChI=1S/C25H39N3O4/c1-17-14-27(3)18(2)16-32-22-13-20(26-24(29)19-9-7-6-8-10-19)11-12-21(22)25(30)28(4)15-23(17)31-5/h11-13,17-19,23H,6-10,14-16H2,1-5H3,(H,26,29)/t17-,18+,23-/m0/s1. The first kappa shape index (κ1) is 24.5. The van der Waals surface area contributed by atoms with Crippen molar-refractivity contribution >= 4 is 17.5 Å². The summed E-state index contributed by atoms with van der Waals surface area (Å²) in [5.74, 6) is 0.789. The molecule has 32 heavy (non-hydrogen) atoms. The number of fused-ring (bicyclic) bond motifs is 1. The number of amides is 2. The summed E-state index contributed by atoms with van der Waals surface area (Å²) >= 11 is 0. The molecule has 1 saturated carbocycles. The number of rotatable bonds is 3. The van der Waals surface area contributed by atoms with Gasteiger partial charge in [0, 0.05) is 51.0 Å². The summed E-state index contributed by atoms with van der Waals surface area (Å²) in [6, 6.07) is 5.51. The van der Waals surface area contributed by atoms with Gasteiger partial charge in [-0.2, -0.15) is 0 Å². The van der Waals surface area contributed by atoms with Crippen molar-refractivity contribution in [3.63, 3.8) is 0 Å². The summed E-state index contributed by atoms with van der Waals surface area (Å²) < 4.78 is 11.9. The zero-order valence-electron chi connectivity index (χ0n) is 20.2. The van der Waals surface area contributed by atoms with Crippen LogP contribution >= 0.6 is 0 Å². The third-order valence-corrected chi connectivity index (χ3v) is 7.00. The van der Waals surface area contributed by atoms with Gasteiger partial charge in [-0.15, -0.1) is 0 Å². The Morgan fingerprint density at radius 3 is 2.53 bits per heavy atom. The van der Waals surface area contributed by atoms with Crippen LogP contribution in [0.25, 0.3) is 0 Å². The fourth-order valence-corrected chi connectivity index (χ4v) is 4.64. The van der Waals surface area contributed by atoms with Crippen LogP contribution in [0.5, 0.6) is 5.75 Å². The monoisotopic (exact) mass is 445 g/mol. The fraction of sp³-hybridized carbons (Fsp3) is 0.680. The number of carbonyl (C=O) groups is 2. The number of likely N-dealkylation sites (N-methyl/N-ethyl adjacent to an activating group) is 2. The number of anilines is 1. The van der Waals surface area contributed by atoms with Crippen molar-refractivity contribution in [2.45, 2.75) is 58.1 Å². The number of hydrogen-bond donors (Lipinski definition) is 1. The molecule has 2 aliphatic rings. The number of hydrogen-bond acceptors (Lipinski definition) is 5. The lowest BCUT2D eigenvalue weighted by Crippen LogP contribution is -2.45. The van der Waals surface area contributed by atoms with Crippen LogP contribution in [-0.2, 0) is 9.53 Å². The average molecular weight is 446 g/mol. The average Bonchev–Trinajstić information content (AvgIpc) is 2.80. The van der Waals surface area contributed by atoms with Gasteiger partial charge in [-0.05, 0) is 44.9 Å². The highest BCUT2D eigenvalue weighted by molar-refractivity contribution is 5.98. The highest BCUT2D eigenvalue weighted by atomic mass is 16.5. The van der Waals surface area contributed by atoms with E-state index in [0.717, 1.165) is 32.2 Å². The zero-order chi connectivity index (χ0) is 23.3. The molecule has 1 N–H and O–H groups in total. The number of ether oxygens (including phenoxy) is 2. The molecular formula is C25H39N3O4. The first-order valence-electron chi connectivity index (χ1n) is 11.9. The van der Waals surface area contributed by atoms with Crippen molar-refractivity contribution in [3.05, 3.63) is 23.8 Å². The lowest BCUT2D eigenvalue weighted by molar-refractivity contribution is -0.120. The normalized spacial score (nSPS) is 26.5. The van der Waals surface area contributed by atoms with Crippen molar-refractivity contribution in [2.24, 2.45) is 11.8 Å². The predicted molar refractivity (Wildman–Crippen MR) is 126 cm³/mol. The Labute approximate surface area is 192 Å². The van der Waals surface area contributed by atoms with Crippen LogP contribution in [0.1, 0.15) is 56.3 Å². The summed E-state index contributed by atoms with van der Waals surface area (Å²) in [4.78, 5) is 29.9. The lowest BCUT2D eigenvalue weighted by Gasteiger charge is -2.34. The second kappa shape index (κ2) is 11.1. The van der Waals surface area contributed by atoms with Gasteiger partial charge < -0.3 is 19.7 Å². The van der Waals surface area contributed by atoms with E-state index in [4.69, 9.17) is 9.47 Å². The van der Waals surface area contributed by atoms with Crippen molar-refractivity contribution in [3.8, 4) is 5.75 Å². The molecule has 2 amide bonds. The van der Waals surface area contributed by atoms with Crippen LogP contribution in [0.3, 0.4) is 0 Å². The van der Waals surface area contributed by atoms with Crippen LogP contribution in [0.15, 0.2) is 18.2 Å². The SMILES string of the molecule is CO[C@H]1CN(C)C(=O)c2ccc(NC(=O)C3CCCCC3)cc2OC[C@@H](C)N(C)C[C@@H]1C. The van der Waals surface area contributed by atoms with E-state index in [0.29, 0.717) is 30.2 Å². The summed E-state index contributed by atoms with van der Waals surface area (Å²) in [5, 5.41) is 3.04. The predicted octanol–water partition coefficient (Wildman–Crippen LogP) is 3.64. The quantitative estimate of drug-likeness (QED) is 0.769. The van der Waals surface area contributed by atoms with Crippen LogP contribution in [0.2, 0.25) is 0 Å². The van der Waals surface area contributed by atoms with Gasteiger partial charge in [-0.3, -0.25) is 14.5 Å². The fourth-order valence-electron chi connectivity index (χ4n) is 4.64. The van der Waals surface area contributed by atoms with Crippen LogP contribution in [0, 0.1) is 11.8 Å². The van der Waals surface area contributed by atoms with Crippen LogP contribution in [-0.4, -0.2) is 74.7 Å². The molecule has 7 heteroatoms. The number of benzene rings is 1. The third-order valence-electron chi connectivity index (χ3n) is 7.00. The van der Waals surface area contributed by atoms with E-state index in [1.165, 1.54) is 6.42 Å². The number of carbonyl (C=O) groups excluding carboxylic acids is 2. The van der Waals surface area contributed by atoms with Crippen LogP contribution in [0.4, 0.5) is 5.69 Å². The van der Waals surface area contributed by atoms with Crippen molar-refractivity contribution in [1.29, 1.82) is 0 Å². The maximum Gasteiger partial charge on any atom is 0.257 e. The summed E-state index contributed by atoms with van der Waals surface area (Å²) in [6.45, 7) is 6.05. The van der Waals surface area contributed by atoms with Crippen molar-refractivity contribution in [2.75, 3.05) is 46.2 Å². The maximum atomic E-state index is 13.2. The van der Waals surface area contributed by atoms with Gasteiger partial charge >= 0.3 is 0 Å². The molecule has 1 aliphatic carbocycles. The van der Waals surface area contributed by atoms with E-state index in [1.54, 1.807) is 37.3 Å². The van der Waals surface area contributed by atoms with Gasteiger partial charge in [0.2, 0.25) is 5.91 Å². The summed E-state index contributed by atoms with van der Waals surface area (Å²) in [7, 11) is 5.58. The van der Waals surface area contributed by atoms with Gasteiger partial charge in [0.25, 0.3) is 5.91 Å². The van der Waals surface area contributed by atoms with Gasteiger partial charge in [0.15, 0.2) is 0 Å². The smallest absolute Gasteiger partial charge is 0.257 e. The van der Waals surface area contributed by atoms with E-state index >= 15 is 0 Å². The molecular weight excluding hydrogens is 406 g/mol. The molecule has 0 saturated heterocycles. The maximum absolute atomic E-state index is 13.2. The van der Waals surface area contributed by atoms with Gasteiger partial charge in [0.1, 0.15) is 12.4 Å². The van der Waals surface area contributed by atoms with E-state index < -0.39 is 0 Å². The summed E-state index contributed by atoms with van der Waals surface area (Å²) in [5.41, 5.74) is 1.17. The molecule has 7 nitrogen and oxygen atoms in total. The molecule has 1 aromatic rings. The molecule has 0 spiro atoms. The highest BCUT2D eigenvalue weighted by Crippen LogP contribution is 2.29. The van der Waals surface area contributed by atoms with Gasteiger partial charge in [0.05, 0.1) is 11.7 Å². The largest absolute Gasteiger partial charge is 0.491 e. The van der Waals surface area contributed by atoms with E-state index in [2.05, 4.69) is 31.1 Å². The first-order chi connectivity index (χ1) is 15.3. The zero-order valence-corrected chi connectivity index (χ0v) is 20.2. The van der Waals surface area contributed by atoms with Gasteiger partial charge in [-0.25, -0.2) is 0 Å². The molecule has 1 heterocycles. The number of nitrogens with one attached hydrogen (secondary N) is 1. The molecule has 0 aromatic heterocycles. The second-order valence-corrected chi connectivity index (χ2v) is 9.57. The second-order valence-electron chi connectivity index (χ2n) is 9.57. The third kappa shape index (κ3) is 6.01. The Hall–Kier alpha value is -2.12. The molecule has 1 aliphatic heterocycles. The Bertz CT molecular complexity index is 793. The number of nitrogens with zero attached hydrogens (tertiary/aromatic N) is 2. The Kier molecular flexibility index (Phi) is 8.54. The van der Waals surface area contributed by atoms with E-state index in [1.807, 2.05) is 0 Å². The molecule has 0 unspecified atom stereocenters. The Morgan fingerprint density at radius 2 is 1.84 bits per heavy atom. The van der Waals surface area contributed by atoms with Gasteiger partial charge in [-0.1, -0.05) is 26.2 Å². The minimum absolute atomic E-state index is 0.0588. The molecule has 1 aromatic carbocycles. The van der Waals surface area contributed by atoms with E-state index in [9.17, 15) is 9.59 Å². The topological polar surface area (TPSA) is 71.1 Å². The Morgan fingerprint density at radius 1 is 1.12 bits per heavy atom. The lowest BCUT2D eigenvalue weighted by atomic mass is 9.88. The molecule has 3 rings (SSSR count). The Balaban J connectivity index is 1.84. The first-order valence-corrected chi connectivity index (χ1v) is 11.9. The molecule has 0 bridgehead atoms. The minimum Gasteiger partial charge on any atom is -0.491 e.